The first kappa shape index (κ1) is 13.9. The van der Waals surface area contributed by atoms with Crippen LogP contribution >= 0.6 is 0 Å². The molecule has 4 nitrogen and oxygen atoms in total. The van der Waals surface area contributed by atoms with E-state index >= 15 is 0 Å². The average Bonchev–Trinajstić information content (AvgIpc) is 2.48. The summed E-state index contributed by atoms with van der Waals surface area (Å²) in [5.74, 6) is 0.623. The van der Waals surface area contributed by atoms with Gasteiger partial charge >= 0.3 is 0 Å². The van der Waals surface area contributed by atoms with Gasteiger partial charge in [0.05, 0.1) is 18.0 Å². The number of fused-ring (bicyclic) bond motifs is 1. The van der Waals surface area contributed by atoms with E-state index in [4.69, 9.17) is 4.74 Å². The summed E-state index contributed by atoms with van der Waals surface area (Å²) in [4.78, 5) is 0. The Morgan fingerprint density at radius 3 is 2.67 bits per heavy atom. The van der Waals surface area contributed by atoms with Crippen LogP contribution in [0.15, 0.2) is 48.5 Å². The van der Waals surface area contributed by atoms with Crippen molar-refractivity contribution in [2.45, 2.75) is 18.6 Å². The van der Waals surface area contributed by atoms with Gasteiger partial charge in [-0.3, -0.25) is 4.72 Å². The Kier molecular flexibility index (Phi) is 3.84. The molecule has 0 spiro atoms. The molecule has 0 saturated carbocycles. The van der Waals surface area contributed by atoms with Crippen molar-refractivity contribution in [1.82, 2.24) is 0 Å². The van der Waals surface area contributed by atoms with Crippen LogP contribution in [-0.4, -0.2) is 15.0 Å². The lowest BCUT2D eigenvalue weighted by Crippen LogP contribution is -2.17. The second kappa shape index (κ2) is 5.77. The van der Waals surface area contributed by atoms with Crippen LogP contribution in [0, 0.1) is 0 Å². The molecular formula is C16H17NO3S. The lowest BCUT2D eigenvalue weighted by atomic mass is 10.1. The zero-order valence-electron chi connectivity index (χ0n) is 11.6. The molecule has 0 saturated heterocycles. The molecule has 110 valence electrons. The van der Waals surface area contributed by atoms with Gasteiger partial charge in [0.2, 0.25) is 10.0 Å². The van der Waals surface area contributed by atoms with Crippen molar-refractivity contribution in [3.05, 3.63) is 59.7 Å². The summed E-state index contributed by atoms with van der Waals surface area (Å²) in [7, 11) is -3.45. The number of nitrogens with one attached hydrogen (secondary N) is 1. The highest BCUT2D eigenvalue weighted by atomic mass is 32.2. The number of para-hydroxylation sites is 1. The maximum absolute atomic E-state index is 12.3. The summed E-state index contributed by atoms with van der Waals surface area (Å²) in [5, 5.41) is 0. The monoisotopic (exact) mass is 303 g/mol. The quantitative estimate of drug-likeness (QED) is 0.945. The predicted octanol–water partition coefficient (Wildman–Crippen LogP) is 2.95. The van der Waals surface area contributed by atoms with Gasteiger partial charge in [0.1, 0.15) is 5.75 Å². The van der Waals surface area contributed by atoms with E-state index in [1.54, 1.807) is 18.2 Å². The Balaban J connectivity index is 1.83. The molecule has 0 atom stereocenters. The predicted molar refractivity (Wildman–Crippen MR) is 82.9 cm³/mol. The molecule has 1 aliphatic heterocycles. The van der Waals surface area contributed by atoms with Gasteiger partial charge in [-0.05, 0) is 30.0 Å². The average molecular weight is 303 g/mol. The van der Waals surface area contributed by atoms with Crippen LogP contribution in [0.5, 0.6) is 5.75 Å². The Labute approximate surface area is 124 Å². The summed E-state index contributed by atoms with van der Waals surface area (Å²) < 4.78 is 32.8. The molecule has 3 rings (SSSR count). The van der Waals surface area contributed by atoms with Crippen LogP contribution < -0.4 is 9.46 Å². The molecule has 0 unspecified atom stereocenters. The van der Waals surface area contributed by atoms with E-state index in [1.807, 2.05) is 30.3 Å². The molecule has 1 aliphatic rings. The molecule has 0 aliphatic carbocycles. The summed E-state index contributed by atoms with van der Waals surface area (Å²) >= 11 is 0. The van der Waals surface area contributed by atoms with Crippen LogP contribution in [0.4, 0.5) is 5.69 Å². The Morgan fingerprint density at radius 2 is 1.86 bits per heavy atom. The molecular weight excluding hydrogens is 286 g/mol. The maximum atomic E-state index is 12.3. The molecule has 0 radical (unpaired) electrons. The molecule has 1 heterocycles. The number of benzene rings is 2. The maximum Gasteiger partial charge on any atom is 0.237 e. The standard InChI is InChI=1S/C16H17NO3S/c18-21(19,12-13-6-2-1-3-7-13)17-15-10-4-8-14-9-5-11-20-16(14)15/h1-4,6-8,10,17H,5,9,11-12H2. The first-order valence-electron chi connectivity index (χ1n) is 6.93. The summed E-state index contributed by atoms with van der Waals surface area (Å²) in [6.07, 6.45) is 1.89. The SMILES string of the molecule is O=S(=O)(Cc1ccccc1)Nc1cccc2c1OCCC2. The topological polar surface area (TPSA) is 55.4 Å². The van der Waals surface area contributed by atoms with Crippen molar-refractivity contribution >= 4 is 15.7 Å². The number of hydrogen-bond donors (Lipinski definition) is 1. The summed E-state index contributed by atoms with van der Waals surface area (Å²) in [6, 6.07) is 14.7. The van der Waals surface area contributed by atoms with Crippen LogP contribution in [0.1, 0.15) is 17.5 Å². The van der Waals surface area contributed by atoms with E-state index in [9.17, 15) is 8.42 Å². The minimum atomic E-state index is -3.45. The van der Waals surface area contributed by atoms with Crippen molar-refractivity contribution in [2.75, 3.05) is 11.3 Å². The van der Waals surface area contributed by atoms with Crippen LogP contribution in [-0.2, 0) is 22.2 Å². The first-order chi connectivity index (χ1) is 10.1. The van der Waals surface area contributed by atoms with Crippen molar-refractivity contribution in [3.63, 3.8) is 0 Å². The number of sulfonamides is 1. The first-order valence-corrected chi connectivity index (χ1v) is 8.58. The second-order valence-corrected chi connectivity index (χ2v) is 6.81. The van der Waals surface area contributed by atoms with Crippen molar-refractivity contribution in [1.29, 1.82) is 0 Å². The minimum Gasteiger partial charge on any atom is -0.491 e. The highest BCUT2D eigenvalue weighted by molar-refractivity contribution is 7.91. The van der Waals surface area contributed by atoms with Crippen LogP contribution in [0.25, 0.3) is 0 Å². The molecule has 21 heavy (non-hydrogen) atoms. The number of rotatable bonds is 4. The molecule has 0 fully saturated rings. The molecule has 0 amide bonds. The molecule has 2 aromatic carbocycles. The van der Waals surface area contributed by atoms with E-state index < -0.39 is 10.0 Å². The van der Waals surface area contributed by atoms with E-state index in [0.717, 1.165) is 24.0 Å². The zero-order chi connectivity index (χ0) is 14.7. The lowest BCUT2D eigenvalue weighted by Gasteiger charge is -2.20. The highest BCUT2D eigenvalue weighted by Gasteiger charge is 2.18. The third-order valence-corrected chi connectivity index (χ3v) is 4.64. The van der Waals surface area contributed by atoms with Crippen molar-refractivity contribution in [3.8, 4) is 5.75 Å². The normalized spacial score (nSPS) is 14.1. The Morgan fingerprint density at radius 1 is 1.05 bits per heavy atom. The highest BCUT2D eigenvalue weighted by Crippen LogP contribution is 2.33. The molecule has 0 bridgehead atoms. The molecule has 2 aromatic rings. The third-order valence-electron chi connectivity index (χ3n) is 3.40. The summed E-state index contributed by atoms with van der Waals surface area (Å²) in [6.45, 7) is 0.629. The number of hydrogen-bond acceptors (Lipinski definition) is 3. The van der Waals surface area contributed by atoms with Gasteiger partial charge < -0.3 is 4.74 Å². The fourth-order valence-electron chi connectivity index (χ4n) is 2.47. The Hall–Kier alpha value is -2.01. The number of anilines is 1. The van der Waals surface area contributed by atoms with Gasteiger partial charge in [-0.2, -0.15) is 0 Å². The van der Waals surface area contributed by atoms with Crippen molar-refractivity contribution in [2.24, 2.45) is 0 Å². The van der Waals surface area contributed by atoms with E-state index in [-0.39, 0.29) is 5.75 Å². The van der Waals surface area contributed by atoms with Crippen LogP contribution in [0.2, 0.25) is 0 Å². The van der Waals surface area contributed by atoms with E-state index in [1.165, 1.54) is 0 Å². The number of ether oxygens (including phenoxy) is 1. The zero-order valence-corrected chi connectivity index (χ0v) is 12.4. The van der Waals surface area contributed by atoms with Gasteiger partial charge in [0.15, 0.2) is 0 Å². The molecule has 0 aromatic heterocycles. The number of aryl methyl sites for hydroxylation is 1. The molecule has 5 heteroatoms. The van der Waals surface area contributed by atoms with Gasteiger partial charge in [-0.15, -0.1) is 0 Å². The fraction of sp³-hybridized carbons (Fsp3) is 0.250. The second-order valence-electron chi connectivity index (χ2n) is 5.09. The minimum absolute atomic E-state index is 0.0441. The summed E-state index contributed by atoms with van der Waals surface area (Å²) in [5.41, 5.74) is 2.35. The van der Waals surface area contributed by atoms with Gasteiger partial charge in [0.25, 0.3) is 0 Å². The van der Waals surface area contributed by atoms with E-state index in [0.29, 0.717) is 18.0 Å². The van der Waals surface area contributed by atoms with E-state index in [2.05, 4.69) is 4.72 Å². The molecule has 1 N–H and O–H groups in total. The van der Waals surface area contributed by atoms with Crippen LogP contribution in [0.3, 0.4) is 0 Å². The smallest absolute Gasteiger partial charge is 0.237 e. The van der Waals surface area contributed by atoms with Gasteiger partial charge in [-0.1, -0.05) is 42.5 Å². The Bertz CT molecular complexity index is 726. The lowest BCUT2D eigenvalue weighted by molar-refractivity contribution is 0.290. The fourth-order valence-corrected chi connectivity index (χ4v) is 3.67. The van der Waals surface area contributed by atoms with Gasteiger partial charge in [-0.25, -0.2) is 8.42 Å². The van der Waals surface area contributed by atoms with Gasteiger partial charge in [0, 0.05) is 0 Å². The van der Waals surface area contributed by atoms with Crippen molar-refractivity contribution < 1.29 is 13.2 Å². The third kappa shape index (κ3) is 3.36. The largest absolute Gasteiger partial charge is 0.491 e.